The Morgan fingerprint density at radius 2 is 1.90 bits per heavy atom. The van der Waals surface area contributed by atoms with Gasteiger partial charge in [-0.15, -0.1) is 24.0 Å². The van der Waals surface area contributed by atoms with E-state index in [2.05, 4.69) is 79.7 Å². The van der Waals surface area contributed by atoms with Gasteiger partial charge in [-0.1, -0.05) is 43.3 Å². The zero-order valence-corrected chi connectivity index (χ0v) is 20.7. The van der Waals surface area contributed by atoms with Crippen molar-refractivity contribution in [3.8, 4) is 0 Å². The number of nitrogens with one attached hydrogen (secondary N) is 2. The zero-order valence-electron chi connectivity index (χ0n) is 18.4. The minimum absolute atomic E-state index is 0. The lowest BCUT2D eigenvalue weighted by molar-refractivity contribution is -0.0149. The molecule has 0 saturated carbocycles. The van der Waals surface area contributed by atoms with Crippen LogP contribution in [0.15, 0.2) is 39.8 Å². The molecular formula is C22H35IN4O2. The number of guanidine groups is 1. The lowest BCUT2D eigenvalue weighted by atomic mass is 10.1. The second-order valence-electron chi connectivity index (χ2n) is 8.14. The molecule has 1 aromatic carbocycles. The van der Waals surface area contributed by atoms with E-state index in [9.17, 15) is 0 Å². The van der Waals surface area contributed by atoms with Gasteiger partial charge in [-0.3, -0.25) is 0 Å². The van der Waals surface area contributed by atoms with Gasteiger partial charge in [0.05, 0.1) is 31.0 Å². The van der Waals surface area contributed by atoms with Crippen LogP contribution in [0.5, 0.6) is 0 Å². The van der Waals surface area contributed by atoms with Crippen molar-refractivity contribution in [3.05, 3.63) is 52.9 Å². The van der Waals surface area contributed by atoms with Gasteiger partial charge < -0.3 is 19.9 Å². The Morgan fingerprint density at radius 1 is 1.17 bits per heavy atom. The van der Waals surface area contributed by atoms with Crippen LogP contribution in [0.1, 0.15) is 70.0 Å². The molecule has 162 valence electrons. The summed E-state index contributed by atoms with van der Waals surface area (Å²) in [6.45, 7) is 15.0. The van der Waals surface area contributed by atoms with Crippen molar-refractivity contribution in [1.29, 1.82) is 0 Å². The highest BCUT2D eigenvalue weighted by atomic mass is 127. The summed E-state index contributed by atoms with van der Waals surface area (Å²) in [6, 6.07) is 10.3. The topological polar surface area (TPSA) is 71.7 Å². The van der Waals surface area contributed by atoms with Crippen molar-refractivity contribution in [1.82, 2.24) is 15.8 Å². The monoisotopic (exact) mass is 514 g/mol. The second kappa shape index (κ2) is 12.2. The maximum atomic E-state index is 5.86. The van der Waals surface area contributed by atoms with E-state index >= 15 is 0 Å². The van der Waals surface area contributed by atoms with Crippen LogP contribution in [0.3, 0.4) is 0 Å². The Kier molecular flexibility index (Phi) is 10.7. The fourth-order valence-corrected chi connectivity index (χ4v) is 2.48. The molecule has 1 aromatic heterocycles. The van der Waals surface area contributed by atoms with Crippen molar-refractivity contribution in [3.63, 3.8) is 0 Å². The van der Waals surface area contributed by atoms with Gasteiger partial charge in [0, 0.05) is 12.6 Å². The van der Waals surface area contributed by atoms with Gasteiger partial charge in [0.15, 0.2) is 11.7 Å². The Balaban J connectivity index is 0.00000420. The van der Waals surface area contributed by atoms with Gasteiger partial charge in [-0.25, -0.2) is 4.99 Å². The Bertz CT molecular complexity index is 766. The third-order valence-electron chi connectivity index (χ3n) is 4.03. The SMILES string of the molecule is CCNC(=NCc1cccc(COC(C)(C)C)c1)NCc1cc(C(C)C)no1.I. The van der Waals surface area contributed by atoms with E-state index in [-0.39, 0.29) is 29.6 Å². The van der Waals surface area contributed by atoms with E-state index in [1.165, 1.54) is 0 Å². The highest BCUT2D eigenvalue weighted by molar-refractivity contribution is 14.0. The molecule has 0 amide bonds. The van der Waals surface area contributed by atoms with Crippen molar-refractivity contribution in [2.24, 2.45) is 4.99 Å². The third-order valence-corrected chi connectivity index (χ3v) is 4.03. The van der Waals surface area contributed by atoms with Crippen LogP contribution in [0.25, 0.3) is 0 Å². The van der Waals surface area contributed by atoms with Crippen LogP contribution in [-0.4, -0.2) is 23.3 Å². The first-order chi connectivity index (χ1) is 13.3. The molecule has 0 radical (unpaired) electrons. The highest BCUT2D eigenvalue weighted by Crippen LogP contribution is 2.15. The van der Waals surface area contributed by atoms with Crippen molar-refractivity contribution < 1.29 is 9.26 Å². The van der Waals surface area contributed by atoms with Gasteiger partial charge in [-0.05, 0) is 44.7 Å². The number of rotatable bonds is 8. The predicted molar refractivity (Wildman–Crippen MR) is 129 cm³/mol. The lowest BCUT2D eigenvalue weighted by Gasteiger charge is -2.19. The summed E-state index contributed by atoms with van der Waals surface area (Å²) < 4.78 is 11.2. The molecule has 0 aliphatic carbocycles. The molecule has 0 aliphatic heterocycles. The number of hydrogen-bond acceptors (Lipinski definition) is 4. The molecule has 2 rings (SSSR count). The standard InChI is InChI=1S/C22H34N4O2.HI/c1-7-23-21(25-14-19-12-20(16(2)3)26-28-19)24-13-17-9-8-10-18(11-17)15-27-22(4,5)6;/h8-12,16H,7,13-15H2,1-6H3,(H2,23,24,25);1H. The van der Waals surface area contributed by atoms with Crippen LogP contribution >= 0.6 is 24.0 Å². The third kappa shape index (κ3) is 9.62. The zero-order chi connectivity index (χ0) is 20.6. The molecule has 0 spiro atoms. The molecule has 2 N–H and O–H groups in total. The first kappa shape index (κ1) is 25.4. The fourth-order valence-electron chi connectivity index (χ4n) is 2.48. The number of halogens is 1. The Morgan fingerprint density at radius 3 is 2.52 bits per heavy atom. The molecule has 0 atom stereocenters. The number of nitrogens with zero attached hydrogens (tertiary/aromatic N) is 2. The first-order valence-electron chi connectivity index (χ1n) is 9.96. The first-order valence-corrected chi connectivity index (χ1v) is 9.96. The van der Waals surface area contributed by atoms with Crippen LogP contribution in [0.4, 0.5) is 0 Å². The molecule has 2 aromatic rings. The van der Waals surface area contributed by atoms with E-state index in [1.54, 1.807) is 0 Å². The van der Waals surface area contributed by atoms with Crippen LogP contribution in [-0.2, 0) is 24.4 Å². The normalized spacial score (nSPS) is 12.0. The number of aromatic nitrogens is 1. The van der Waals surface area contributed by atoms with Crippen molar-refractivity contribution in [2.45, 2.75) is 72.8 Å². The molecule has 0 bridgehead atoms. The number of hydrogen-bond donors (Lipinski definition) is 2. The maximum absolute atomic E-state index is 5.86. The summed E-state index contributed by atoms with van der Waals surface area (Å²) in [6.07, 6.45) is 0. The summed E-state index contributed by atoms with van der Waals surface area (Å²) in [7, 11) is 0. The number of aliphatic imine (C=N–C) groups is 1. The van der Waals surface area contributed by atoms with E-state index in [1.807, 2.05) is 13.0 Å². The molecule has 0 fully saturated rings. The van der Waals surface area contributed by atoms with Gasteiger partial charge >= 0.3 is 0 Å². The molecule has 1 heterocycles. The van der Waals surface area contributed by atoms with E-state index < -0.39 is 0 Å². The molecule has 29 heavy (non-hydrogen) atoms. The summed E-state index contributed by atoms with van der Waals surface area (Å²) in [5.41, 5.74) is 3.12. The quantitative estimate of drug-likeness (QED) is 0.295. The highest BCUT2D eigenvalue weighted by Gasteiger charge is 2.10. The smallest absolute Gasteiger partial charge is 0.191 e. The molecule has 0 aliphatic rings. The summed E-state index contributed by atoms with van der Waals surface area (Å²) in [5, 5.41) is 10.7. The minimum Gasteiger partial charge on any atom is -0.371 e. The summed E-state index contributed by atoms with van der Waals surface area (Å²) >= 11 is 0. The molecule has 7 heteroatoms. The minimum atomic E-state index is -0.146. The van der Waals surface area contributed by atoms with Gasteiger partial charge in [-0.2, -0.15) is 0 Å². The predicted octanol–water partition coefficient (Wildman–Crippen LogP) is 4.99. The average Bonchev–Trinajstić information content (AvgIpc) is 3.11. The fraction of sp³-hybridized carbons (Fsp3) is 0.545. The number of ether oxygens (including phenoxy) is 1. The second-order valence-corrected chi connectivity index (χ2v) is 8.14. The Labute approximate surface area is 191 Å². The van der Waals surface area contributed by atoms with E-state index in [4.69, 9.17) is 9.26 Å². The molecule has 0 unspecified atom stereocenters. The summed E-state index contributed by atoms with van der Waals surface area (Å²) in [5.74, 6) is 1.91. The van der Waals surface area contributed by atoms with Gasteiger partial charge in [0.1, 0.15) is 0 Å². The van der Waals surface area contributed by atoms with Crippen molar-refractivity contribution in [2.75, 3.05) is 6.54 Å². The van der Waals surface area contributed by atoms with Gasteiger partial charge in [0.25, 0.3) is 0 Å². The van der Waals surface area contributed by atoms with Crippen LogP contribution < -0.4 is 10.6 Å². The molecule has 6 nitrogen and oxygen atoms in total. The lowest BCUT2D eigenvalue weighted by Crippen LogP contribution is -2.36. The molecular weight excluding hydrogens is 479 g/mol. The van der Waals surface area contributed by atoms with E-state index in [0.29, 0.717) is 25.6 Å². The van der Waals surface area contributed by atoms with Crippen LogP contribution in [0.2, 0.25) is 0 Å². The van der Waals surface area contributed by atoms with Crippen LogP contribution in [0, 0.1) is 0 Å². The summed E-state index contributed by atoms with van der Waals surface area (Å²) in [4.78, 5) is 4.68. The van der Waals surface area contributed by atoms with E-state index in [0.717, 1.165) is 35.1 Å². The van der Waals surface area contributed by atoms with Crippen molar-refractivity contribution >= 4 is 29.9 Å². The van der Waals surface area contributed by atoms with Gasteiger partial charge in [0.2, 0.25) is 0 Å². The largest absolute Gasteiger partial charge is 0.371 e. The number of benzene rings is 1. The molecule has 0 saturated heterocycles. The Hall–Kier alpha value is -1.61. The maximum Gasteiger partial charge on any atom is 0.191 e. The average molecular weight is 514 g/mol.